The normalized spacial score (nSPS) is 18.0. The smallest absolute Gasteiger partial charge is 0.333 e. The lowest BCUT2D eigenvalue weighted by Gasteiger charge is -2.18. The zero-order valence-corrected chi connectivity index (χ0v) is 14.0. The predicted octanol–water partition coefficient (Wildman–Crippen LogP) is 2.89. The van der Waals surface area contributed by atoms with Gasteiger partial charge in [-0.2, -0.15) is 13.2 Å². The third-order valence-electron chi connectivity index (χ3n) is 3.76. The highest BCUT2D eigenvalue weighted by Crippen LogP contribution is 2.28. The van der Waals surface area contributed by atoms with Crippen molar-refractivity contribution >= 4 is 38.6 Å². The maximum absolute atomic E-state index is 12.4. The van der Waals surface area contributed by atoms with Crippen LogP contribution in [0.2, 0.25) is 0 Å². The highest BCUT2D eigenvalue weighted by atomic mass is 32.1. The summed E-state index contributed by atoms with van der Waals surface area (Å²) in [6.07, 6.45) is -4.60. The first-order valence-corrected chi connectivity index (χ1v) is 8.31. The second kappa shape index (κ2) is 6.51. The maximum Gasteiger partial charge on any atom is 0.406 e. The van der Waals surface area contributed by atoms with Gasteiger partial charge in [-0.3, -0.25) is 10.1 Å². The van der Waals surface area contributed by atoms with Crippen molar-refractivity contribution in [1.29, 1.82) is 0 Å². The average Bonchev–Trinajstić information content (AvgIpc) is 3.02. The lowest BCUT2D eigenvalue weighted by atomic mass is 10.2. The molecular formula is C15H15F3N4O2S. The van der Waals surface area contributed by atoms with Crippen LogP contribution in [0.15, 0.2) is 18.2 Å². The van der Waals surface area contributed by atoms with Gasteiger partial charge in [-0.05, 0) is 18.6 Å². The zero-order chi connectivity index (χ0) is 18.2. The fourth-order valence-corrected chi connectivity index (χ4v) is 3.64. The van der Waals surface area contributed by atoms with E-state index < -0.39 is 30.7 Å². The SMILES string of the molecule is Cc1cccc2sc(NC(=O)NC3CC(=O)N(CC(F)(F)F)C3)nc12. The third kappa shape index (κ3) is 4.19. The molecule has 2 N–H and O–H groups in total. The molecule has 134 valence electrons. The van der Waals surface area contributed by atoms with Crippen molar-refractivity contribution in [2.75, 3.05) is 18.4 Å². The first kappa shape index (κ1) is 17.5. The van der Waals surface area contributed by atoms with Crippen molar-refractivity contribution in [2.24, 2.45) is 0 Å². The number of para-hydroxylation sites is 1. The monoisotopic (exact) mass is 372 g/mol. The minimum absolute atomic E-state index is 0.150. The van der Waals surface area contributed by atoms with Crippen LogP contribution in [0.3, 0.4) is 0 Å². The fraction of sp³-hybridized carbons (Fsp3) is 0.400. The Bertz CT molecular complexity index is 821. The highest BCUT2D eigenvalue weighted by molar-refractivity contribution is 7.22. The number of aromatic nitrogens is 1. The number of nitrogens with one attached hydrogen (secondary N) is 2. The molecule has 10 heteroatoms. The Balaban J connectivity index is 1.59. The number of nitrogens with zero attached hydrogens (tertiary/aromatic N) is 2. The molecule has 1 atom stereocenters. The van der Waals surface area contributed by atoms with Crippen LogP contribution in [0, 0.1) is 6.92 Å². The van der Waals surface area contributed by atoms with E-state index in [1.54, 1.807) is 0 Å². The number of urea groups is 1. The Morgan fingerprint density at radius 1 is 1.44 bits per heavy atom. The molecule has 0 spiro atoms. The minimum atomic E-state index is -4.45. The third-order valence-corrected chi connectivity index (χ3v) is 4.70. The summed E-state index contributed by atoms with van der Waals surface area (Å²) in [6, 6.07) is 4.42. The van der Waals surface area contributed by atoms with E-state index in [0.29, 0.717) is 10.0 Å². The van der Waals surface area contributed by atoms with Gasteiger partial charge in [0.25, 0.3) is 0 Å². The average molecular weight is 372 g/mol. The molecule has 0 aliphatic carbocycles. The molecule has 1 saturated heterocycles. The van der Waals surface area contributed by atoms with Crippen LogP contribution >= 0.6 is 11.3 Å². The molecule has 1 aromatic heterocycles. The van der Waals surface area contributed by atoms with E-state index in [-0.39, 0.29) is 13.0 Å². The molecule has 3 rings (SSSR count). The Hall–Kier alpha value is -2.36. The predicted molar refractivity (Wildman–Crippen MR) is 87.6 cm³/mol. The molecule has 25 heavy (non-hydrogen) atoms. The number of carbonyl (C=O) groups is 2. The van der Waals surface area contributed by atoms with E-state index in [2.05, 4.69) is 15.6 Å². The summed E-state index contributed by atoms with van der Waals surface area (Å²) >= 11 is 1.30. The van der Waals surface area contributed by atoms with Gasteiger partial charge in [-0.1, -0.05) is 23.5 Å². The van der Waals surface area contributed by atoms with Crippen molar-refractivity contribution < 1.29 is 22.8 Å². The second-order valence-electron chi connectivity index (χ2n) is 5.83. The van der Waals surface area contributed by atoms with Crippen LogP contribution in [-0.4, -0.2) is 47.1 Å². The molecule has 1 unspecified atom stereocenters. The number of hydrogen-bond donors (Lipinski definition) is 2. The topological polar surface area (TPSA) is 74.3 Å². The number of hydrogen-bond acceptors (Lipinski definition) is 4. The van der Waals surface area contributed by atoms with Crippen molar-refractivity contribution in [3.05, 3.63) is 23.8 Å². The Labute approximate surface area is 145 Å². The summed E-state index contributed by atoms with van der Waals surface area (Å²) in [4.78, 5) is 28.6. The number of amides is 3. The number of fused-ring (bicyclic) bond motifs is 1. The molecule has 0 saturated carbocycles. The summed E-state index contributed by atoms with van der Waals surface area (Å²) in [5.41, 5.74) is 1.77. The summed E-state index contributed by atoms with van der Waals surface area (Å²) in [6.45, 7) is 0.443. The molecule has 3 amide bonds. The zero-order valence-electron chi connectivity index (χ0n) is 13.2. The van der Waals surface area contributed by atoms with Crippen LogP contribution in [-0.2, 0) is 4.79 Å². The number of benzene rings is 1. The van der Waals surface area contributed by atoms with Gasteiger partial charge in [0.1, 0.15) is 6.54 Å². The van der Waals surface area contributed by atoms with Gasteiger partial charge in [0.05, 0.1) is 16.3 Å². The Morgan fingerprint density at radius 2 is 2.20 bits per heavy atom. The van der Waals surface area contributed by atoms with Crippen LogP contribution in [0.1, 0.15) is 12.0 Å². The molecule has 2 heterocycles. The second-order valence-corrected chi connectivity index (χ2v) is 6.86. The number of anilines is 1. The number of carbonyl (C=O) groups excluding carboxylic acids is 2. The van der Waals surface area contributed by atoms with E-state index in [0.717, 1.165) is 15.8 Å². The Kier molecular flexibility index (Phi) is 4.55. The quantitative estimate of drug-likeness (QED) is 0.870. The highest BCUT2D eigenvalue weighted by Gasteiger charge is 2.38. The van der Waals surface area contributed by atoms with Crippen LogP contribution in [0.5, 0.6) is 0 Å². The lowest BCUT2D eigenvalue weighted by molar-refractivity contribution is -0.157. The number of aryl methyl sites for hydroxylation is 1. The number of alkyl halides is 3. The van der Waals surface area contributed by atoms with Crippen LogP contribution in [0.25, 0.3) is 10.2 Å². The van der Waals surface area contributed by atoms with Gasteiger partial charge in [-0.15, -0.1) is 0 Å². The van der Waals surface area contributed by atoms with Gasteiger partial charge < -0.3 is 10.2 Å². The van der Waals surface area contributed by atoms with Crippen LogP contribution < -0.4 is 10.6 Å². The molecule has 1 fully saturated rings. The van der Waals surface area contributed by atoms with Gasteiger partial charge in [0, 0.05) is 13.0 Å². The lowest BCUT2D eigenvalue weighted by Crippen LogP contribution is -2.41. The molecule has 2 aromatic rings. The number of rotatable bonds is 3. The number of thiazole rings is 1. The van der Waals surface area contributed by atoms with E-state index in [4.69, 9.17) is 0 Å². The maximum atomic E-state index is 12.4. The standard InChI is InChI=1S/C15H15F3N4O2S/c1-8-3-2-4-10-12(8)20-14(25-10)21-13(24)19-9-5-11(23)22(6-9)7-15(16,17)18/h2-4,9H,5-7H2,1H3,(H2,19,20,21,24). The summed E-state index contributed by atoms with van der Waals surface area (Å²) in [7, 11) is 0. The molecular weight excluding hydrogens is 357 g/mol. The molecule has 6 nitrogen and oxygen atoms in total. The van der Waals surface area contributed by atoms with Gasteiger partial charge in [-0.25, -0.2) is 9.78 Å². The van der Waals surface area contributed by atoms with Crippen LogP contribution in [0.4, 0.5) is 23.1 Å². The van der Waals surface area contributed by atoms with Crippen molar-refractivity contribution in [3.8, 4) is 0 Å². The van der Waals surface area contributed by atoms with E-state index >= 15 is 0 Å². The summed E-state index contributed by atoms with van der Waals surface area (Å²) in [5.74, 6) is -0.627. The molecule has 0 radical (unpaired) electrons. The number of halogens is 3. The Morgan fingerprint density at radius 3 is 2.88 bits per heavy atom. The molecule has 1 aliphatic rings. The van der Waals surface area contributed by atoms with Gasteiger partial charge in [0.15, 0.2) is 5.13 Å². The van der Waals surface area contributed by atoms with Gasteiger partial charge >= 0.3 is 12.2 Å². The molecule has 1 aliphatic heterocycles. The van der Waals surface area contributed by atoms with Crippen molar-refractivity contribution in [2.45, 2.75) is 25.6 Å². The summed E-state index contributed by atoms with van der Waals surface area (Å²) in [5, 5.41) is 5.48. The largest absolute Gasteiger partial charge is 0.406 e. The number of likely N-dealkylation sites (tertiary alicyclic amines) is 1. The van der Waals surface area contributed by atoms with E-state index in [9.17, 15) is 22.8 Å². The molecule has 0 bridgehead atoms. The fourth-order valence-electron chi connectivity index (χ4n) is 2.70. The first-order chi connectivity index (χ1) is 11.7. The van der Waals surface area contributed by atoms with Crippen molar-refractivity contribution in [1.82, 2.24) is 15.2 Å². The van der Waals surface area contributed by atoms with E-state index in [1.807, 2.05) is 25.1 Å². The minimum Gasteiger partial charge on any atom is -0.333 e. The summed E-state index contributed by atoms with van der Waals surface area (Å²) < 4.78 is 38.1. The van der Waals surface area contributed by atoms with Gasteiger partial charge in [0.2, 0.25) is 5.91 Å². The van der Waals surface area contributed by atoms with Crippen molar-refractivity contribution in [3.63, 3.8) is 0 Å². The van der Waals surface area contributed by atoms with E-state index in [1.165, 1.54) is 11.3 Å². The molecule has 1 aromatic carbocycles. The first-order valence-electron chi connectivity index (χ1n) is 7.49.